The SMILES string of the molecule is Fc1ccc(F)c(-n2c(CCl)nc3cc(F)c(Br)cc32)c1. The first kappa shape index (κ1) is 14.4. The Hall–Kier alpha value is -1.53. The molecule has 21 heavy (non-hydrogen) atoms. The molecule has 2 nitrogen and oxygen atoms in total. The molecule has 0 spiro atoms. The molecule has 2 aromatic carbocycles. The number of hydrogen-bond donors (Lipinski definition) is 0. The number of aromatic nitrogens is 2. The van der Waals surface area contributed by atoms with Crippen LogP contribution in [0.4, 0.5) is 13.2 Å². The number of alkyl halides is 1. The first-order valence-corrected chi connectivity index (χ1v) is 7.22. The van der Waals surface area contributed by atoms with Gasteiger partial charge in [0.25, 0.3) is 0 Å². The minimum absolute atomic E-state index is 0.0216. The smallest absolute Gasteiger partial charge is 0.147 e. The standard InChI is InChI=1S/C14H7BrClF3N2/c15-8-4-13-11(5-10(8)19)20-14(6-16)21(13)12-3-7(17)1-2-9(12)18/h1-5H,6H2. The highest BCUT2D eigenvalue weighted by molar-refractivity contribution is 9.10. The van der Waals surface area contributed by atoms with Crippen LogP contribution in [-0.2, 0) is 5.88 Å². The van der Waals surface area contributed by atoms with Gasteiger partial charge in [0, 0.05) is 12.1 Å². The molecule has 0 saturated carbocycles. The molecule has 0 aliphatic carbocycles. The van der Waals surface area contributed by atoms with E-state index >= 15 is 0 Å². The normalized spacial score (nSPS) is 11.3. The highest BCUT2D eigenvalue weighted by Gasteiger charge is 2.17. The van der Waals surface area contributed by atoms with Gasteiger partial charge in [-0.25, -0.2) is 18.2 Å². The summed E-state index contributed by atoms with van der Waals surface area (Å²) in [5.74, 6) is -1.43. The Kier molecular flexibility index (Phi) is 3.67. The van der Waals surface area contributed by atoms with E-state index in [2.05, 4.69) is 20.9 Å². The van der Waals surface area contributed by atoms with Gasteiger partial charge in [0.1, 0.15) is 23.3 Å². The van der Waals surface area contributed by atoms with Crippen LogP contribution < -0.4 is 0 Å². The molecule has 0 saturated heterocycles. The summed E-state index contributed by atoms with van der Waals surface area (Å²) < 4.78 is 42.6. The zero-order valence-corrected chi connectivity index (χ0v) is 12.7. The molecule has 0 atom stereocenters. The largest absolute Gasteiger partial charge is 0.292 e. The molecule has 1 heterocycles. The summed E-state index contributed by atoms with van der Waals surface area (Å²) in [5.41, 5.74) is 0.727. The van der Waals surface area contributed by atoms with Crippen LogP contribution in [0.1, 0.15) is 5.82 Å². The van der Waals surface area contributed by atoms with Gasteiger partial charge in [-0.2, -0.15) is 0 Å². The number of halogens is 5. The van der Waals surface area contributed by atoms with Crippen molar-refractivity contribution in [1.29, 1.82) is 0 Å². The number of nitrogens with zero attached hydrogens (tertiary/aromatic N) is 2. The quantitative estimate of drug-likeness (QED) is 0.580. The lowest BCUT2D eigenvalue weighted by atomic mass is 10.2. The molecule has 108 valence electrons. The van der Waals surface area contributed by atoms with Crippen LogP contribution in [0, 0.1) is 17.5 Å². The predicted octanol–water partition coefficient (Wildman–Crippen LogP) is 4.94. The molecule has 0 bridgehead atoms. The number of benzene rings is 2. The lowest BCUT2D eigenvalue weighted by molar-refractivity contribution is 0.592. The van der Waals surface area contributed by atoms with Crippen LogP contribution in [0.3, 0.4) is 0 Å². The molecule has 3 aromatic rings. The fourth-order valence-corrected chi connectivity index (χ4v) is 2.65. The molecule has 1 aromatic heterocycles. The van der Waals surface area contributed by atoms with E-state index in [9.17, 15) is 13.2 Å². The van der Waals surface area contributed by atoms with E-state index in [1.165, 1.54) is 16.7 Å². The van der Waals surface area contributed by atoms with Crippen molar-refractivity contribution in [3.8, 4) is 5.69 Å². The molecule has 0 amide bonds. The van der Waals surface area contributed by atoms with Gasteiger partial charge < -0.3 is 0 Å². The van der Waals surface area contributed by atoms with Gasteiger partial charge in [0.05, 0.1) is 27.1 Å². The van der Waals surface area contributed by atoms with Gasteiger partial charge in [-0.05, 0) is 34.1 Å². The van der Waals surface area contributed by atoms with Crippen molar-refractivity contribution in [3.05, 3.63) is 58.1 Å². The second-order valence-corrected chi connectivity index (χ2v) is 5.47. The van der Waals surface area contributed by atoms with Crippen LogP contribution >= 0.6 is 27.5 Å². The van der Waals surface area contributed by atoms with Gasteiger partial charge in [-0.15, -0.1) is 11.6 Å². The van der Waals surface area contributed by atoms with E-state index in [1.807, 2.05) is 0 Å². The molecule has 0 aliphatic rings. The maximum Gasteiger partial charge on any atom is 0.147 e. The molecular formula is C14H7BrClF3N2. The van der Waals surface area contributed by atoms with Gasteiger partial charge in [-0.1, -0.05) is 0 Å². The minimum Gasteiger partial charge on any atom is -0.292 e. The van der Waals surface area contributed by atoms with E-state index in [-0.39, 0.29) is 16.0 Å². The van der Waals surface area contributed by atoms with Crippen LogP contribution in [0.2, 0.25) is 0 Å². The Labute approximate surface area is 131 Å². The number of hydrogen-bond acceptors (Lipinski definition) is 1. The summed E-state index contributed by atoms with van der Waals surface area (Å²) in [6, 6.07) is 5.76. The maximum absolute atomic E-state index is 14.0. The summed E-state index contributed by atoms with van der Waals surface area (Å²) in [5, 5.41) is 0. The van der Waals surface area contributed by atoms with Crippen molar-refractivity contribution in [3.63, 3.8) is 0 Å². The van der Waals surface area contributed by atoms with Crippen LogP contribution in [-0.4, -0.2) is 9.55 Å². The maximum atomic E-state index is 14.0. The number of rotatable bonds is 2. The highest BCUT2D eigenvalue weighted by Crippen LogP contribution is 2.29. The Balaban J connectivity index is 2.40. The summed E-state index contributed by atoms with van der Waals surface area (Å²) in [6.07, 6.45) is 0. The third-order valence-corrected chi connectivity index (χ3v) is 3.88. The average molecular weight is 376 g/mol. The first-order chi connectivity index (χ1) is 10.0. The third-order valence-electron chi connectivity index (χ3n) is 3.03. The Morgan fingerprint density at radius 3 is 2.57 bits per heavy atom. The molecule has 0 unspecified atom stereocenters. The second-order valence-electron chi connectivity index (χ2n) is 4.35. The van der Waals surface area contributed by atoms with E-state index in [0.717, 1.165) is 18.2 Å². The van der Waals surface area contributed by atoms with Gasteiger partial charge >= 0.3 is 0 Å². The lowest BCUT2D eigenvalue weighted by Crippen LogP contribution is -2.02. The summed E-state index contributed by atoms with van der Waals surface area (Å²) >= 11 is 8.89. The van der Waals surface area contributed by atoms with E-state index < -0.39 is 17.5 Å². The van der Waals surface area contributed by atoms with Crippen LogP contribution in [0.5, 0.6) is 0 Å². The Morgan fingerprint density at radius 1 is 1.10 bits per heavy atom. The molecule has 7 heteroatoms. The average Bonchev–Trinajstić information content (AvgIpc) is 2.79. The first-order valence-electron chi connectivity index (χ1n) is 5.89. The molecular weight excluding hydrogens is 369 g/mol. The van der Waals surface area contributed by atoms with E-state index in [1.54, 1.807) is 0 Å². The topological polar surface area (TPSA) is 17.8 Å². The zero-order chi connectivity index (χ0) is 15.1. The highest BCUT2D eigenvalue weighted by atomic mass is 79.9. The number of fused-ring (bicyclic) bond motifs is 1. The van der Waals surface area contributed by atoms with Gasteiger partial charge in [-0.3, -0.25) is 4.57 Å². The third kappa shape index (κ3) is 2.42. The van der Waals surface area contributed by atoms with Crippen molar-refractivity contribution in [2.75, 3.05) is 0 Å². The van der Waals surface area contributed by atoms with Crippen molar-refractivity contribution in [2.45, 2.75) is 5.88 Å². The van der Waals surface area contributed by atoms with Crippen LogP contribution in [0.15, 0.2) is 34.8 Å². The molecule has 3 rings (SSSR count). The van der Waals surface area contributed by atoms with Crippen molar-refractivity contribution >= 4 is 38.6 Å². The zero-order valence-electron chi connectivity index (χ0n) is 10.4. The van der Waals surface area contributed by atoms with Crippen LogP contribution in [0.25, 0.3) is 16.7 Å². The van der Waals surface area contributed by atoms with Crippen molar-refractivity contribution < 1.29 is 13.2 Å². The minimum atomic E-state index is -0.623. The molecule has 0 fully saturated rings. The fourth-order valence-electron chi connectivity index (χ4n) is 2.14. The summed E-state index contributed by atoms with van der Waals surface area (Å²) in [4.78, 5) is 4.16. The van der Waals surface area contributed by atoms with Gasteiger partial charge in [0.2, 0.25) is 0 Å². The predicted molar refractivity (Wildman–Crippen MR) is 78.2 cm³/mol. The van der Waals surface area contributed by atoms with Crippen molar-refractivity contribution in [1.82, 2.24) is 9.55 Å². The van der Waals surface area contributed by atoms with E-state index in [0.29, 0.717) is 16.9 Å². The fraction of sp³-hybridized carbons (Fsp3) is 0.0714. The number of imidazole rings is 1. The van der Waals surface area contributed by atoms with Crippen molar-refractivity contribution in [2.24, 2.45) is 0 Å². The monoisotopic (exact) mass is 374 g/mol. The molecule has 0 N–H and O–H groups in total. The van der Waals surface area contributed by atoms with Gasteiger partial charge in [0.15, 0.2) is 0 Å². The Morgan fingerprint density at radius 2 is 1.86 bits per heavy atom. The second kappa shape index (κ2) is 5.35. The summed E-state index contributed by atoms with van der Waals surface area (Å²) in [6.45, 7) is 0. The molecule has 0 radical (unpaired) electrons. The van der Waals surface area contributed by atoms with E-state index in [4.69, 9.17) is 11.6 Å². The molecule has 0 aliphatic heterocycles. The Bertz CT molecular complexity index is 848. The lowest BCUT2D eigenvalue weighted by Gasteiger charge is -2.09. The summed E-state index contributed by atoms with van der Waals surface area (Å²) in [7, 11) is 0.